The van der Waals surface area contributed by atoms with Gasteiger partial charge in [0.25, 0.3) is 0 Å². The molecule has 11 heavy (non-hydrogen) atoms. The van der Waals surface area contributed by atoms with Crippen molar-refractivity contribution in [1.82, 2.24) is 0 Å². The summed E-state index contributed by atoms with van der Waals surface area (Å²) < 4.78 is 9.13. The predicted molar refractivity (Wildman–Crippen MR) is 40.4 cm³/mol. The Hall–Kier alpha value is -1.29. The molecule has 0 radical (unpaired) electrons. The van der Waals surface area contributed by atoms with Crippen molar-refractivity contribution >= 4 is 5.97 Å². The van der Waals surface area contributed by atoms with Crippen molar-refractivity contribution < 1.29 is 14.3 Å². The monoisotopic (exact) mass is 157 g/mol. The van der Waals surface area contributed by atoms with Gasteiger partial charge in [0.1, 0.15) is 6.26 Å². The summed E-state index contributed by atoms with van der Waals surface area (Å²) >= 11 is 0. The highest BCUT2D eigenvalue weighted by Crippen LogP contribution is 1.94. The van der Waals surface area contributed by atoms with E-state index in [9.17, 15) is 4.79 Å². The number of hydrogen-bond donors (Lipinski definition) is 1. The van der Waals surface area contributed by atoms with E-state index >= 15 is 0 Å². The Bertz CT molecular complexity index is 175. The number of methoxy groups -OCH3 is 1. The Balaban J connectivity index is 3.74. The summed E-state index contributed by atoms with van der Waals surface area (Å²) in [5, 5.41) is 0. The first-order valence-corrected chi connectivity index (χ1v) is 2.96. The van der Waals surface area contributed by atoms with Crippen LogP contribution in [0.1, 0.15) is 0 Å². The molecule has 62 valence electrons. The standard InChI is InChI=1S/C7H11NO3/c1-6(5-10-2)7(9)11-4-3-8/h3-4H,1,5,8H2,2H3/b4-3+. The van der Waals surface area contributed by atoms with Crippen molar-refractivity contribution in [3.63, 3.8) is 0 Å². The second-order valence-corrected chi connectivity index (χ2v) is 1.77. The quantitative estimate of drug-likeness (QED) is 0.359. The average molecular weight is 157 g/mol. The zero-order valence-corrected chi connectivity index (χ0v) is 6.37. The average Bonchev–Trinajstić information content (AvgIpc) is 2.00. The van der Waals surface area contributed by atoms with Crippen molar-refractivity contribution in [2.45, 2.75) is 0 Å². The third-order valence-corrected chi connectivity index (χ3v) is 0.861. The molecule has 4 nitrogen and oxygen atoms in total. The smallest absolute Gasteiger partial charge is 0.340 e. The number of carbonyl (C=O) groups excluding carboxylic acids is 1. The molecule has 0 heterocycles. The van der Waals surface area contributed by atoms with Crippen LogP contribution in [0.5, 0.6) is 0 Å². The summed E-state index contributed by atoms with van der Waals surface area (Å²) in [6, 6.07) is 0. The van der Waals surface area contributed by atoms with Gasteiger partial charge in [0.05, 0.1) is 12.2 Å². The molecule has 0 unspecified atom stereocenters. The fourth-order valence-corrected chi connectivity index (χ4v) is 0.418. The van der Waals surface area contributed by atoms with E-state index < -0.39 is 5.97 Å². The minimum Gasteiger partial charge on any atom is -0.430 e. The summed E-state index contributed by atoms with van der Waals surface area (Å²) in [5.41, 5.74) is 5.19. The molecule has 0 rings (SSSR count). The molecule has 0 amide bonds. The van der Waals surface area contributed by atoms with Crippen LogP contribution < -0.4 is 5.73 Å². The minimum atomic E-state index is -0.534. The molecule has 0 aliphatic rings. The maximum atomic E-state index is 10.8. The van der Waals surface area contributed by atoms with Gasteiger partial charge in [0, 0.05) is 13.3 Å². The predicted octanol–water partition coefficient (Wildman–Crippen LogP) is 0.162. The van der Waals surface area contributed by atoms with Crippen molar-refractivity contribution in [3.8, 4) is 0 Å². The zero-order valence-electron chi connectivity index (χ0n) is 6.37. The lowest BCUT2D eigenvalue weighted by atomic mass is 10.3. The van der Waals surface area contributed by atoms with E-state index in [0.717, 1.165) is 12.5 Å². The van der Waals surface area contributed by atoms with E-state index in [1.807, 2.05) is 0 Å². The van der Waals surface area contributed by atoms with Crippen molar-refractivity contribution in [2.24, 2.45) is 5.73 Å². The first-order chi connectivity index (χ1) is 5.22. The fourth-order valence-electron chi connectivity index (χ4n) is 0.418. The Kier molecular flexibility index (Phi) is 4.85. The molecule has 0 saturated heterocycles. The third kappa shape index (κ3) is 4.16. The lowest BCUT2D eigenvalue weighted by molar-refractivity contribution is -0.134. The molecule has 0 spiro atoms. The number of hydrogen-bond acceptors (Lipinski definition) is 4. The van der Waals surface area contributed by atoms with Gasteiger partial charge in [-0.3, -0.25) is 0 Å². The van der Waals surface area contributed by atoms with Gasteiger partial charge >= 0.3 is 5.97 Å². The van der Waals surface area contributed by atoms with Gasteiger partial charge in [-0.1, -0.05) is 6.58 Å². The van der Waals surface area contributed by atoms with Crippen molar-refractivity contribution in [1.29, 1.82) is 0 Å². The molecular weight excluding hydrogens is 146 g/mol. The van der Waals surface area contributed by atoms with Crippen LogP contribution in [0, 0.1) is 0 Å². The number of rotatable bonds is 4. The summed E-state index contributed by atoms with van der Waals surface area (Å²) in [4.78, 5) is 10.8. The second kappa shape index (κ2) is 5.49. The SMILES string of the molecule is C=C(COC)C(=O)O/C=C/N. The molecule has 0 aliphatic carbocycles. The Morgan fingerprint density at radius 3 is 2.82 bits per heavy atom. The van der Waals surface area contributed by atoms with Gasteiger partial charge in [-0.2, -0.15) is 0 Å². The molecule has 0 aromatic heterocycles. The molecule has 0 aliphatic heterocycles. The van der Waals surface area contributed by atoms with Crippen LogP contribution in [0.15, 0.2) is 24.6 Å². The molecule has 2 N–H and O–H groups in total. The summed E-state index contributed by atoms with van der Waals surface area (Å²) in [5.74, 6) is -0.534. The molecule has 0 saturated carbocycles. The van der Waals surface area contributed by atoms with Crippen LogP contribution in [0.25, 0.3) is 0 Å². The number of carbonyl (C=O) groups is 1. The summed E-state index contributed by atoms with van der Waals surface area (Å²) in [7, 11) is 1.47. The first kappa shape index (κ1) is 9.71. The molecule has 0 aromatic rings. The third-order valence-electron chi connectivity index (χ3n) is 0.861. The van der Waals surface area contributed by atoms with Gasteiger partial charge in [-0.25, -0.2) is 4.79 Å². The number of esters is 1. The fraction of sp³-hybridized carbons (Fsp3) is 0.286. The van der Waals surface area contributed by atoms with E-state index in [-0.39, 0.29) is 12.2 Å². The van der Waals surface area contributed by atoms with E-state index in [4.69, 9.17) is 5.73 Å². The molecule has 0 aromatic carbocycles. The van der Waals surface area contributed by atoms with Crippen LogP contribution in [0.2, 0.25) is 0 Å². The van der Waals surface area contributed by atoms with Crippen LogP contribution in [0.3, 0.4) is 0 Å². The highest BCUT2D eigenvalue weighted by atomic mass is 16.5. The second-order valence-electron chi connectivity index (χ2n) is 1.77. The summed E-state index contributed by atoms with van der Waals surface area (Å²) in [6.07, 6.45) is 2.21. The van der Waals surface area contributed by atoms with Gasteiger partial charge < -0.3 is 15.2 Å². The topological polar surface area (TPSA) is 61.5 Å². The van der Waals surface area contributed by atoms with Crippen LogP contribution in [-0.2, 0) is 14.3 Å². The zero-order chi connectivity index (χ0) is 8.69. The van der Waals surface area contributed by atoms with Gasteiger partial charge in [-0.15, -0.1) is 0 Å². The lowest BCUT2D eigenvalue weighted by Gasteiger charge is -2.00. The number of ether oxygens (including phenoxy) is 2. The maximum absolute atomic E-state index is 10.8. The largest absolute Gasteiger partial charge is 0.430 e. The van der Waals surface area contributed by atoms with Crippen molar-refractivity contribution in [3.05, 3.63) is 24.6 Å². The number of nitrogens with two attached hydrogens (primary N) is 1. The van der Waals surface area contributed by atoms with Crippen LogP contribution >= 0.6 is 0 Å². The molecule has 0 atom stereocenters. The highest BCUT2D eigenvalue weighted by Gasteiger charge is 2.05. The van der Waals surface area contributed by atoms with E-state index in [2.05, 4.69) is 16.1 Å². The van der Waals surface area contributed by atoms with Crippen LogP contribution in [0.4, 0.5) is 0 Å². The molecule has 0 bridgehead atoms. The van der Waals surface area contributed by atoms with Gasteiger partial charge in [0.2, 0.25) is 0 Å². The Morgan fingerprint density at radius 1 is 1.73 bits per heavy atom. The molecule has 4 heteroatoms. The molecule has 0 fully saturated rings. The van der Waals surface area contributed by atoms with E-state index in [0.29, 0.717) is 0 Å². The first-order valence-electron chi connectivity index (χ1n) is 2.96. The maximum Gasteiger partial charge on any atom is 0.340 e. The normalized spacial score (nSPS) is 9.91. The van der Waals surface area contributed by atoms with Gasteiger partial charge in [0.15, 0.2) is 0 Å². The van der Waals surface area contributed by atoms with E-state index in [1.165, 1.54) is 7.11 Å². The van der Waals surface area contributed by atoms with Gasteiger partial charge in [-0.05, 0) is 0 Å². The van der Waals surface area contributed by atoms with E-state index in [1.54, 1.807) is 0 Å². The lowest BCUT2D eigenvalue weighted by Crippen LogP contribution is -2.07. The van der Waals surface area contributed by atoms with Crippen molar-refractivity contribution in [2.75, 3.05) is 13.7 Å². The summed E-state index contributed by atoms with van der Waals surface area (Å²) in [6.45, 7) is 3.59. The Labute approximate surface area is 65.3 Å². The highest BCUT2D eigenvalue weighted by molar-refractivity contribution is 5.88. The minimum absolute atomic E-state index is 0.164. The Morgan fingerprint density at radius 2 is 2.36 bits per heavy atom. The van der Waals surface area contributed by atoms with Crippen LogP contribution in [-0.4, -0.2) is 19.7 Å². The molecular formula is C7H11NO3.